The first-order chi connectivity index (χ1) is 20.5. The van der Waals surface area contributed by atoms with E-state index in [2.05, 4.69) is 6.58 Å². The molecule has 50 heavy (non-hydrogen) atoms. The van der Waals surface area contributed by atoms with Crippen molar-refractivity contribution in [1.82, 2.24) is 0 Å². The summed E-state index contributed by atoms with van der Waals surface area (Å²) < 4.78 is 13.9. The van der Waals surface area contributed by atoms with Gasteiger partial charge in [-0.3, -0.25) is 4.79 Å². The smallest absolute Gasteiger partial charge is 0.146 e. The summed E-state index contributed by atoms with van der Waals surface area (Å²) in [5.41, 5.74) is 0.880. The van der Waals surface area contributed by atoms with Crippen molar-refractivity contribution in [3.8, 4) is 0 Å². The van der Waals surface area contributed by atoms with Crippen LogP contribution in [0.5, 0.6) is 0 Å². The fourth-order valence-electron chi connectivity index (χ4n) is 7.19. The summed E-state index contributed by atoms with van der Waals surface area (Å²) in [6.45, 7) is 7.51. The zero-order valence-corrected chi connectivity index (χ0v) is 50.8. The molecule has 2 aromatic rings. The summed E-state index contributed by atoms with van der Waals surface area (Å²) in [5, 5.41) is 31.3. The van der Waals surface area contributed by atoms with Gasteiger partial charge in [0.25, 0.3) is 0 Å². The van der Waals surface area contributed by atoms with Gasteiger partial charge in [-0.25, -0.2) is 0 Å². The zero-order chi connectivity index (χ0) is 31.0. The molecule has 255 valence electrons. The molecule has 3 saturated carbocycles. The molecule has 0 spiro atoms. The van der Waals surface area contributed by atoms with E-state index >= 15 is 0 Å². The van der Waals surface area contributed by atoms with Crippen LogP contribution in [0.3, 0.4) is 0 Å². The molecular formula is C37H51O5PY7. The van der Waals surface area contributed by atoms with Gasteiger partial charge in [0, 0.05) is 258 Å². The maximum Gasteiger partial charge on any atom is 0.146 e. The Morgan fingerprint density at radius 1 is 0.800 bits per heavy atom. The average molecular weight is 1230 g/mol. The van der Waals surface area contributed by atoms with Gasteiger partial charge in [0.15, 0.2) is 0 Å². The van der Waals surface area contributed by atoms with Crippen molar-refractivity contribution in [2.75, 3.05) is 6.16 Å². The number of hydrogen-bond donors (Lipinski definition) is 3. The number of allylic oxidation sites excluding steroid dienone is 1. The van der Waals surface area contributed by atoms with Gasteiger partial charge in [-0.1, -0.05) is 98.2 Å². The molecule has 0 amide bonds. The number of benzene rings is 2. The maximum absolute atomic E-state index is 13.9. The molecule has 0 bridgehead atoms. The first-order valence-electron chi connectivity index (χ1n) is 16.2. The van der Waals surface area contributed by atoms with E-state index in [4.69, 9.17) is 0 Å². The van der Waals surface area contributed by atoms with E-state index in [0.29, 0.717) is 42.2 Å². The van der Waals surface area contributed by atoms with Crippen molar-refractivity contribution in [1.29, 1.82) is 0 Å². The summed E-state index contributed by atoms with van der Waals surface area (Å²) in [6, 6.07) is 19.0. The normalized spacial score (nSPS) is 22.3. The van der Waals surface area contributed by atoms with Crippen molar-refractivity contribution < 1.29 is 254 Å². The van der Waals surface area contributed by atoms with Gasteiger partial charge >= 0.3 is 0 Å². The van der Waals surface area contributed by atoms with Crippen LogP contribution in [0.4, 0.5) is 0 Å². The van der Waals surface area contributed by atoms with Gasteiger partial charge in [-0.15, -0.1) is 0 Å². The number of aliphatic hydroxyl groups excluding tert-OH is 2. The third-order valence-electron chi connectivity index (χ3n) is 9.71. The number of hydrogen-bond acceptors (Lipinski definition) is 5. The van der Waals surface area contributed by atoms with Gasteiger partial charge in [0.1, 0.15) is 12.9 Å². The number of carbonyl (C=O) groups is 1. The SMILES string of the molecule is C=C1[C@H](O)CC(=CCP(=O)(c2ccccc2)c2ccccc2)C[C@H]1O.CC(C)(O)CCCC[C@H]1CC[C@H]2C(=O)CCC[C@H]12.[Y].[Y].[Y].[Y].[Y].[Y].[Y]. The number of rotatable bonds is 9. The molecular weight excluding hydrogens is 1180 g/mol. The van der Waals surface area contributed by atoms with E-state index in [-0.39, 0.29) is 229 Å². The molecule has 3 fully saturated rings. The number of carbonyl (C=O) groups excluding carboxylic acids is 1. The van der Waals surface area contributed by atoms with Crippen molar-refractivity contribution in [2.24, 2.45) is 17.8 Å². The monoisotopic (exact) mass is 1230 g/mol. The minimum absolute atomic E-state index is 0. The first kappa shape index (κ1) is 62.1. The molecule has 3 N–H and O–H groups in total. The van der Waals surface area contributed by atoms with Crippen LogP contribution in [0.15, 0.2) is 84.5 Å². The van der Waals surface area contributed by atoms with Gasteiger partial charge in [-0.2, -0.15) is 0 Å². The fourth-order valence-corrected chi connectivity index (χ4v) is 9.74. The van der Waals surface area contributed by atoms with Gasteiger partial charge in [-0.05, 0) is 76.2 Å². The number of unbranched alkanes of at least 4 members (excludes halogenated alkanes) is 1. The number of aliphatic hydroxyl groups is 3. The topological polar surface area (TPSA) is 94.8 Å². The zero-order valence-electron chi connectivity index (χ0n) is 30.1. The van der Waals surface area contributed by atoms with Crippen LogP contribution in [0.25, 0.3) is 0 Å². The molecule has 0 heterocycles. The molecule has 0 aliphatic heterocycles. The number of fused-ring (bicyclic) bond motifs is 1. The van der Waals surface area contributed by atoms with Crippen LogP contribution in [0.2, 0.25) is 0 Å². The summed E-state index contributed by atoms with van der Waals surface area (Å²) in [5.74, 6) is 2.46. The third kappa shape index (κ3) is 19.7. The van der Waals surface area contributed by atoms with Gasteiger partial charge in [0.2, 0.25) is 0 Å². The van der Waals surface area contributed by atoms with Crippen LogP contribution < -0.4 is 10.6 Å². The second kappa shape index (κ2) is 31.3. The van der Waals surface area contributed by atoms with Gasteiger partial charge < -0.3 is 19.9 Å². The van der Waals surface area contributed by atoms with Crippen LogP contribution in [0, 0.1) is 17.8 Å². The van der Waals surface area contributed by atoms with Gasteiger partial charge in [0.05, 0.1) is 17.8 Å². The second-order valence-electron chi connectivity index (χ2n) is 13.5. The van der Waals surface area contributed by atoms with E-state index in [0.717, 1.165) is 54.2 Å². The Bertz CT molecular complexity index is 1250. The molecule has 5 nitrogen and oxygen atoms in total. The maximum atomic E-state index is 13.9. The molecule has 13 heteroatoms. The van der Waals surface area contributed by atoms with Crippen LogP contribution >= 0.6 is 7.14 Å². The Morgan fingerprint density at radius 2 is 1.30 bits per heavy atom. The molecule has 5 rings (SSSR count). The Labute approximate surface area is 478 Å². The van der Waals surface area contributed by atoms with Crippen molar-refractivity contribution in [2.45, 2.75) is 102 Å². The van der Waals surface area contributed by atoms with Crippen molar-refractivity contribution in [3.05, 3.63) is 84.5 Å². The molecule has 2 aromatic carbocycles. The summed E-state index contributed by atoms with van der Waals surface area (Å²) in [6.07, 6.45) is 11.9. The molecule has 3 aliphatic rings. The second-order valence-corrected chi connectivity index (χ2v) is 16.4. The molecule has 5 atom stereocenters. The minimum Gasteiger partial charge on any atom is -0.390 e. The Hall–Kier alpha value is 5.43. The van der Waals surface area contributed by atoms with Crippen molar-refractivity contribution >= 4 is 23.5 Å². The Balaban J connectivity index is -0.000000385. The van der Waals surface area contributed by atoms with Crippen molar-refractivity contribution in [3.63, 3.8) is 0 Å². The quantitative estimate of drug-likeness (QED) is 0.148. The van der Waals surface area contributed by atoms with E-state index < -0.39 is 25.0 Å². The molecule has 0 unspecified atom stereocenters. The third-order valence-corrected chi connectivity index (χ3v) is 12.7. The predicted molar refractivity (Wildman–Crippen MR) is 176 cm³/mol. The summed E-state index contributed by atoms with van der Waals surface area (Å²) >= 11 is 0. The Kier molecular flexibility index (Phi) is 38.9. The fraction of sp³-hybridized carbons (Fsp3) is 0.541. The largest absolute Gasteiger partial charge is 0.390 e. The molecule has 0 saturated heterocycles. The van der Waals surface area contributed by atoms with Crippen LogP contribution in [0.1, 0.15) is 84.5 Å². The Morgan fingerprint density at radius 3 is 1.78 bits per heavy atom. The van der Waals surface area contributed by atoms with E-state index in [1.807, 2.05) is 80.6 Å². The molecule has 3 aliphatic carbocycles. The minimum atomic E-state index is -2.81. The standard InChI is InChI=1S/C21H23O3P.C16H28O2.7Y/c1-16-20(22)14-17(15-21(16)23)12-13-25(24,18-8-4-2-5-9-18)19-10-6-3-7-11-19;1-16(2,18)11-4-3-6-12-9-10-14-13(12)7-5-8-15(14)17;;;;;;;/h2-12,20-23H,1,13-15H2;12-14,18H,3-11H2,1-2H3;;;;;;;/t20-,21-;12-,13+,14+;;;;;;;/m10......./s1. The predicted octanol–water partition coefficient (Wildman–Crippen LogP) is 6.69. The molecule has 0 aromatic heterocycles. The summed E-state index contributed by atoms with van der Waals surface area (Å²) in [7, 11) is -2.81. The van der Waals surface area contributed by atoms with E-state index in [1.165, 1.54) is 25.7 Å². The number of ketones is 1. The average Bonchev–Trinajstić information content (AvgIpc) is 3.42. The number of Topliss-reactive ketones (excluding diaryl/α,β-unsaturated/α-hetero) is 1. The molecule has 7 radical (unpaired) electrons. The van der Waals surface area contributed by atoms with E-state index in [9.17, 15) is 24.7 Å². The van der Waals surface area contributed by atoms with E-state index in [1.54, 1.807) is 0 Å². The van der Waals surface area contributed by atoms with Crippen LogP contribution in [-0.2, 0) is 238 Å². The van der Waals surface area contributed by atoms with Crippen LogP contribution in [-0.4, -0.2) is 45.1 Å². The first-order valence-corrected chi connectivity index (χ1v) is 18.1. The summed E-state index contributed by atoms with van der Waals surface area (Å²) in [4.78, 5) is 11.8.